The lowest BCUT2D eigenvalue weighted by molar-refractivity contribution is 0.759. The number of hydrogen-bond donors (Lipinski definition) is 3. The van der Waals surface area contributed by atoms with E-state index < -0.39 is 0 Å². The second kappa shape index (κ2) is 4.29. The molecular weight excluding hydrogens is 230 g/mol. The third-order valence-corrected chi connectivity index (χ3v) is 3.18. The summed E-state index contributed by atoms with van der Waals surface area (Å²) in [4.78, 5) is 22.6. The first-order chi connectivity index (χ1) is 8.74. The molecule has 1 aliphatic carbocycles. The number of pyridine rings is 1. The molecule has 0 unspecified atom stereocenters. The number of fused-ring (bicyclic) bond motifs is 1. The Morgan fingerprint density at radius 1 is 1.44 bits per heavy atom. The number of H-pyrrole nitrogens is 1. The van der Waals surface area contributed by atoms with Crippen molar-refractivity contribution in [2.45, 2.75) is 19.3 Å². The molecule has 6 nitrogen and oxygen atoms in total. The van der Waals surface area contributed by atoms with Gasteiger partial charge in [0.05, 0.1) is 5.52 Å². The molecule has 0 saturated heterocycles. The maximum absolute atomic E-state index is 11.8. The van der Waals surface area contributed by atoms with E-state index in [1.54, 1.807) is 12.3 Å². The molecule has 0 radical (unpaired) electrons. The molecule has 0 amide bonds. The molecule has 18 heavy (non-hydrogen) atoms. The number of aromatic amines is 1. The van der Waals surface area contributed by atoms with Crippen molar-refractivity contribution in [1.82, 2.24) is 15.0 Å². The van der Waals surface area contributed by atoms with Crippen molar-refractivity contribution >= 4 is 22.7 Å². The molecule has 2 aromatic heterocycles. The highest BCUT2D eigenvalue weighted by molar-refractivity contribution is 5.88. The number of nitrogen functional groups attached to an aromatic ring is 1. The van der Waals surface area contributed by atoms with Crippen molar-refractivity contribution in [2.24, 2.45) is 5.92 Å². The van der Waals surface area contributed by atoms with Gasteiger partial charge in [0.2, 0.25) is 5.95 Å². The molecule has 0 bridgehead atoms. The monoisotopic (exact) mass is 245 g/mol. The normalized spacial score (nSPS) is 14.9. The smallest absolute Gasteiger partial charge is 0.261 e. The predicted octanol–water partition coefficient (Wildman–Crippen LogP) is 1.11. The van der Waals surface area contributed by atoms with Gasteiger partial charge in [-0.1, -0.05) is 12.8 Å². The summed E-state index contributed by atoms with van der Waals surface area (Å²) < 4.78 is 0. The third kappa shape index (κ3) is 2.13. The summed E-state index contributed by atoms with van der Waals surface area (Å²) in [5.74, 6) is 1.54. The van der Waals surface area contributed by atoms with Crippen molar-refractivity contribution in [3.8, 4) is 0 Å². The summed E-state index contributed by atoms with van der Waals surface area (Å²) >= 11 is 0. The van der Waals surface area contributed by atoms with E-state index >= 15 is 0 Å². The first-order valence-corrected chi connectivity index (χ1v) is 6.13. The second-order valence-corrected chi connectivity index (χ2v) is 4.66. The average Bonchev–Trinajstić information content (AvgIpc) is 3.12. The zero-order valence-electron chi connectivity index (χ0n) is 9.94. The molecule has 1 saturated carbocycles. The van der Waals surface area contributed by atoms with E-state index in [-0.39, 0.29) is 11.5 Å². The molecule has 1 fully saturated rings. The van der Waals surface area contributed by atoms with E-state index in [9.17, 15) is 4.79 Å². The highest BCUT2D eigenvalue weighted by Crippen LogP contribution is 2.32. The second-order valence-electron chi connectivity index (χ2n) is 4.66. The van der Waals surface area contributed by atoms with E-state index in [1.165, 1.54) is 12.8 Å². The zero-order chi connectivity index (χ0) is 12.5. The van der Waals surface area contributed by atoms with E-state index in [0.717, 1.165) is 18.9 Å². The number of rotatable bonds is 4. The number of nitrogens with one attached hydrogen (secondary N) is 2. The van der Waals surface area contributed by atoms with Crippen LogP contribution < -0.4 is 16.6 Å². The SMILES string of the molecule is Nc1nc(NCCC2CC2)c2c(=O)[nH]ccc2n1. The van der Waals surface area contributed by atoms with E-state index in [2.05, 4.69) is 20.3 Å². The van der Waals surface area contributed by atoms with Gasteiger partial charge < -0.3 is 16.0 Å². The zero-order valence-corrected chi connectivity index (χ0v) is 9.94. The lowest BCUT2D eigenvalue weighted by Crippen LogP contribution is -2.13. The lowest BCUT2D eigenvalue weighted by atomic mass is 10.2. The first-order valence-electron chi connectivity index (χ1n) is 6.13. The molecule has 2 heterocycles. The highest BCUT2D eigenvalue weighted by Gasteiger charge is 2.20. The van der Waals surface area contributed by atoms with Gasteiger partial charge in [0.15, 0.2) is 0 Å². The van der Waals surface area contributed by atoms with E-state index in [0.29, 0.717) is 16.7 Å². The van der Waals surface area contributed by atoms with Gasteiger partial charge in [-0.05, 0) is 18.4 Å². The standard InChI is InChI=1S/C12H15N5O/c13-12-16-8-4-6-15-11(18)9(8)10(17-12)14-5-3-7-1-2-7/h4,6-7H,1-3,5H2,(H,15,18)(H3,13,14,16,17). The van der Waals surface area contributed by atoms with Gasteiger partial charge in [-0.25, -0.2) is 4.98 Å². The van der Waals surface area contributed by atoms with Crippen LogP contribution in [0.3, 0.4) is 0 Å². The molecule has 6 heteroatoms. The molecule has 3 rings (SSSR count). The number of anilines is 2. The Morgan fingerprint density at radius 3 is 3.06 bits per heavy atom. The number of aromatic nitrogens is 3. The third-order valence-electron chi connectivity index (χ3n) is 3.18. The summed E-state index contributed by atoms with van der Waals surface area (Å²) in [5, 5.41) is 3.66. The van der Waals surface area contributed by atoms with Gasteiger partial charge in [-0.2, -0.15) is 4.98 Å². The van der Waals surface area contributed by atoms with Gasteiger partial charge >= 0.3 is 0 Å². The Kier molecular flexibility index (Phi) is 2.62. The quantitative estimate of drug-likeness (QED) is 0.749. The summed E-state index contributed by atoms with van der Waals surface area (Å²) in [6.07, 6.45) is 5.30. The Balaban J connectivity index is 1.94. The van der Waals surface area contributed by atoms with Crippen LogP contribution in [0.4, 0.5) is 11.8 Å². The first kappa shape index (κ1) is 11.0. The number of hydrogen-bond acceptors (Lipinski definition) is 5. The predicted molar refractivity (Wildman–Crippen MR) is 70.4 cm³/mol. The van der Waals surface area contributed by atoms with Gasteiger partial charge in [0, 0.05) is 12.7 Å². The molecule has 0 aromatic carbocycles. The molecule has 94 valence electrons. The fraction of sp³-hybridized carbons (Fsp3) is 0.417. The highest BCUT2D eigenvalue weighted by atomic mass is 16.1. The topological polar surface area (TPSA) is 96.7 Å². The summed E-state index contributed by atoms with van der Waals surface area (Å²) in [6, 6.07) is 1.72. The molecule has 0 spiro atoms. The maximum Gasteiger partial charge on any atom is 0.261 e. The summed E-state index contributed by atoms with van der Waals surface area (Å²) in [7, 11) is 0. The summed E-state index contributed by atoms with van der Waals surface area (Å²) in [5.41, 5.74) is 6.02. The van der Waals surface area contributed by atoms with Crippen LogP contribution in [0.15, 0.2) is 17.1 Å². The molecule has 1 aliphatic rings. The van der Waals surface area contributed by atoms with Crippen molar-refractivity contribution in [2.75, 3.05) is 17.6 Å². The van der Waals surface area contributed by atoms with Crippen LogP contribution in [0, 0.1) is 5.92 Å². The fourth-order valence-corrected chi connectivity index (χ4v) is 2.04. The largest absolute Gasteiger partial charge is 0.369 e. The van der Waals surface area contributed by atoms with Crippen LogP contribution in [-0.2, 0) is 0 Å². The minimum Gasteiger partial charge on any atom is -0.369 e. The van der Waals surface area contributed by atoms with Crippen molar-refractivity contribution < 1.29 is 0 Å². The van der Waals surface area contributed by atoms with Crippen LogP contribution >= 0.6 is 0 Å². The van der Waals surface area contributed by atoms with Gasteiger partial charge in [0.1, 0.15) is 11.2 Å². The van der Waals surface area contributed by atoms with E-state index in [4.69, 9.17) is 5.73 Å². The van der Waals surface area contributed by atoms with Gasteiger partial charge in [-0.3, -0.25) is 4.79 Å². The molecule has 0 aliphatic heterocycles. The van der Waals surface area contributed by atoms with E-state index in [1.807, 2.05) is 0 Å². The van der Waals surface area contributed by atoms with Crippen molar-refractivity contribution in [3.05, 3.63) is 22.6 Å². The lowest BCUT2D eigenvalue weighted by Gasteiger charge is -2.08. The van der Waals surface area contributed by atoms with Gasteiger partial charge in [-0.15, -0.1) is 0 Å². The van der Waals surface area contributed by atoms with Crippen LogP contribution in [0.5, 0.6) is 0 Å². The van der Waals surface area contributed by atoms with Crippen molar-refractivity contribution in [3.63, 3.8) is 0 Å². The number of nitrogens with zero attached hydrogens (tertiary/aromatic N) is 2. The minimum atomic E-state index is -0.193. The Hall–Kier alpha value is -2.11. The molecule has 4 N–H and O–H groups in total. The molecule has 2 aromatic rings. The van der Waals surface area contributed by atoms with Crippen LogP contribution in [0.25, 0.3) is 10.9 Å². The van der Waals surface area contributed by atoms with Gasteiger partial charge in [0.25, 0.3) is 5.56 Å². The Bertz CT molecular complexity index is 632. The van der Waals surface area contributed by atoms with Crippen LogP contribution in [-0.4, -0.2) is 21.5 Å². The van der Waals surface area contributed by atoms with Crippen molar-refractivity contribution in [1.29, 1.82) is 0 Å². The maximum atomic E-state index is 11.8. The number of nitrogens with two attached hydrogens (primary N) is 1. The average molecular weight is 245 g/mol. The fourth-order valence-electron chi connectivity index (χ4n) is 2.04. The molecule has 0 atom stereocenters. The minimum absolute atomic E-state index is 0.182. The Morgan fingerprint density at radius 2 is 2.28 bits per heavy atom. The Labute approximate surface area is 104 Å². The summed E-state index contributed by atoms with van der Waals surface area (Å²) in [6.45, 7) is 0.810. The van der Waals surface area contributed by atoms with Crippen LogP contribution in [0.1, 0.15) is 19.3 Å². The van der Waals surface area contributed by atoms with Crippen LogP contribution in [0.2, 0.25) is 0 Å². The molecular formula is C12H15N5O.